The Balaban J connectivity index is 2.34. The van der Waals surface area contributed by atoms with E-state index in [1.54, 1.807) is 17.5 Å². The van der Waals surface area contributed by atoms with Gasteiger partial charge in [-0.05, 0) is 35.1 Å². The fraction of sp³-hybridized carbons (Fsp3) is 0.200. The minimum Gasteiger partial charge on any atom is -0.314 e. The quantitative estimate of drug-likeness (QED) is 0.941. The van der Waals surface area contributed by atoms with Crippen LogP contribution in [0.4, 0.5) is 0 Å². The van der Waals surface area contributed by atoms with Crippen LogP contribution in [0.1, 0.15) is 5.69 Å². The number of nitrogens with one attached hydrogen (secondary N) is 1. The summed E-state index contributed by atoms with van der Waals surface area (Å²) in [4.78, 5) is 8.79. The van der Waals surface area contributed by atoms with Crippen molar-refractivity contribution in [2.45, 2.75) is 6.54 Å². The zero-order chi connectivity index (χ0) is 10.7. The van der Waals surface area contributed by atoms with Crippen molar-refractivity contribution >= 4 is 27.3 Å². The van der Waals surface area contributed by atoms with E-state index >= 15 is 0 Å². The number of pyridine rings is 1. The number of nitrogens with zero attached hydrogens (tertiary/aromatic N) is 2. The maximum atomic E-state index is 4.52. The Hall–Kier alpha value is -0.780. The highest BCUT2D eigenvalue weighted by Crippen LogP contribution is 2.30. The van der Waals surface area contributed by atoms with E-state index in [9.17, 15) is 0 Å². The smallest absolute Gasteiger partial charge is 0.143 e. The lowest BCUT2D eigenvalue weighted by atomic mass is 10.4. The van der Waals surface area contributed by atoms with Crippen molar-refractivity contribution in [2.75, 3.05) is 7.05 Å². The SMILES string of the molecule is CNCc1nc(-c2ccccn2)sc1Br. The van der Waals surface area contributed by atoms with Crippen LogP contribution in [0.25, 0.3) is 10.7 Å². The first-order valence-electron chi connectivity index (χ1n) is 4.52. The first-order valence-corrected chi connectivity index (χ1v) is 6.13. The van der Waals surface area contributed by atoms with Crippen molar-refractivity contribution < 1.29 is 0 Å². The highest BCUT2D eigenvalue weighted by Gasteiger charge is 2.09. The Kier molecular flexibility index (Phi) is 3.45. The average Bonchev–Trinajstić information content (AvgIpc) is 2.63. The molecule has 2 heterocycles. The molecular weight excluding hydrogens is 274 g/mol. The number of hydrogen-bond acceptors (Lipinski definition) is 4. The van der Waals surface area contributed by atoms with Gasteiger partial charge in [0, 0.05) is 12.7 Å². The second-order valence-electron chi connectivity index (χ2n) is 2.98. The molecule has 0 aliphatic rings. The topological polar surface area (TPSA) is 37.8 Å². The molecular formula is C10H10BrN3S. The first-order chi connectivity index (χ1) is 7.31. The molecule has 0 aliphatic carbocycles. The molecule has 0 saturated heterocycles. The van der Waals surface area contributed by atoms with E-state index < -0.39 is 0 Å². The van der Waals surface area contributed by atoms with E-state index in [0.717, 1.165) is 26.7 Å². The standard InChI is InChI=1S/C10H10BrN3S/c1-12-6-8-9(11)15-10(14-8)7-4-2-3-5-13-7/h2-5,12H,6H2,1H3. The Morgan fingerprint density at radius 2 is 2.33 bits per heavy atom. The van der Waals surface area contributed by atoms with Gasteiger partial charge in [-0.25, -0.2) is 4.98 Å². The molecule has 0 bridgehead atoms. The normalized spacial score (nSPS) is 10.5. The number of hydrogen-bond donors (Lipinski definition) is 1. The van der Waals surface area contributed by atoms with Crippen LogP contribution in [0, 0.1) is 0 Å². The van der Waals surface area contributed by atoms with Gasteiger partial charge in [0.1, 0.15) is 5.01 Å². The summed E-state index contributed by atoms with van der Waals surface area (Å²) in [5.74, 6) is 0. The van der Waals surface area contributed by atoms with Crippen LogP contribution < -0.4 is 5.32 Å². The van der Waals surface area contributed by atoms with Gasteiger partial charge in [-0.1, -0.05) is 6.07 Å². The fourth-order valence-electron chi connectivity index (χ4n) is 1.21. The maximum absolute atomic E-state index is 4.52. The molecule has 0 aliphatic heterocycles. The Morgan fingerprint density at radius 1 is 1.47 bits per heavy atom. The van der Waals surface area contributed by atoms with E-state index in [1.807, 2.05) is 25.2 Å². The number of thiazole rings is 1. The van der Waals surface area contributed by atoms with Crippen LogP contribution in [0.3, 0.4) is 0 Å². The van der Waals surface area contributed by atoms with Crippen molar-refractivity contribution in [3.8, 4) is 10.7 Å². The summed E-state index contributed by atoms with van der Waals surface area (Å²) in [5.41, 5.74) is 1.95. The summed E-state index contributed by atoms with van der Waals surface area (Å²) >= 11 is 5.11. The fourth-order valence-corrected chi connectivity index (χ4v) is 2.68. The summed E-state index contributed by atoms with van der Waals surface area (Å²) in [6.07, 6.45) is 1.78. The van der Waals surface area contributed by atoms with Gasteiger partial charge in [0.05, 0.1) is 15.2 Å². The van der Waals surface area contributed by atoms with Crippen LogP contribution in [0.5, 0.6) is 0 Å². The third-order valence-corrected chi connectivity index (χ3v) is 3.73. The summed E-state index contributed by atoms with van der Waals surface area (Å²) in [5, 5.41) is 4.03. The molecule has 2 aromatic rings. The third kappa shape index (κ3) is 2.42. The van der Waals surface area contributed by atoms with E-state index in [2.05, 4.69) is 31.2 Å². The van der Waals surface area contributed by atoms with E-state index in [4.69, 9.17) is 0 Å². The van der Waals surface area contributed by atoms with Crippen molar-refractivity contribution in [1.82, 2.24) is 15.3 Å². The second kappa shape index (κ2) is 4.83. The summed E-state index contributed by atoms with van der Waals surface area (Å²) in [6, 6.07) is 5.84. The van der Waals surface area contributed by atoms with Crippen LogP contribution in [-0.4, -0.2) is 17.0 Å². The molecule has 0 saturated carbocycles. The molecule has 0 amide bonds. The number of aromatic nitrogens is 2. The third-order valence-electron chi connectivity index (χ3n) is 1.88. The van der Waals surface area contributed by atoms with Gasteiger partial charge in [-0.2, -0.15) is 0 Å². The highest BCUT2D eigenvalue weighted by atomic mass is 79.9. The number of rotatable bonds is 3. The van der Waals surface area contributed by atoms with Gasteiger partial charge in [0.25, 0.3) is 0 Å². The Labute approximate surface area is 101 Å². The van der Waals surface area contributed by atoms with Crippen LogP contribution >= 0.6 is 27.3 Å². The molecule has 0 aromatic carbocycles. The molecule has 3 nitrogen and oxygen atoms in total. The van der Waals surface area contributed by atoms with Crippen molar-refractivity contribution in [1.29, 1.82) is 0 Å². The lowest BCUT2D eigenvalue weighted by Crippen LogP contribution is -2.05. The molecule has 0 atom stereocenters. The minimum atomic E-state index is 0.768. The zero-order valence-corrected chi connectivity index (χ0v) is 10.6. The van der Waals surface area contributed by atoms with Crippen molar-refractivity contribution in [3.05, 3.63) is 33.9 Å². The minimum absolute atomic E-state index is 0.768. The molecule has 0 radical (unpaired) electrons. The van der Waals surface area contributed by atoms with Gasteiger partial charge in [-0.15, -0.1) is 11.3 Å². The predicted molar refractivity (Wildman–Crippen MR) is 65.8 cm³/mol. The Bertz CT molecular complexity index is 441. The maximum Gasteiger partial charge on any atom is 0.143 e. The number of halogens is 1. The molecule has 2 rings (SSSR count). The van der Waals surface area contributed by atoms with E-state index in [0.29, 0.717) is 0 Å². The summed E-state index contributed by atoms with van der Waals surface area (Å²) in [7, 11) is 1.91. The lowest BCUT2D eigenvalue weighted by Gasteiger charge is -1.94. The highest BCUT2D eigenvalue weighted by molar-refractivity contribution is 9.11. The van der Waals surface area contributed by atoms with Crippen molar-refractivity contribution in [3.63, 3.8) is 0 Å². The summed E-state index contributed by atoms with van der Waals surface area (Å²) < 4.78 is 1.07. The van der Waals surface area contributed by atoms with Crippen LogP contribution in [0.15, 0.2) is 28.2 Å². The predicted octanol–water partition coefficient (Wildman–Crippen LogP) is 2.69. The second-order valence-corrected chi connectivity index (χ2v) is 5.30. The zero-order valence-electron chi connectivity index (χ0n) is 8.20. The largest absolute Gasteiger partial charge is 0.314 e. The molecule has 15 heavy (non-hydrogen) atoms. The average molecular weight is 284 g/mol. The van der Waals surface area contributed by atoms with Crippen molar-refractivity contribution in [2.24, 2.45) is 0 Å². The molecule has 1 N–H and O–H groups in total. The van der Waals surface area contributed by atoms with Gasteiger partial charge in [-0.3, -0.25) is 4.98 Å². The molecule has 0 spiro atoms. The summed E-state index contributed by atoms with van der Waals surface area (Å²) in [6.45, 7) is 0.768. The van der Waals surface area contributed by atoms with Gasteiger partial charge >= 0.3 is 0 Å². The molecule has 2 aromatic heterocycles. The molecule has 0 fully saturated rings. The van der Waals surface area contributed by atoms with E-state index in [1.165, 1.54) is 0 Å². The van der Waals surface area contributed by atoms with Gasteiger partial charge in [0.15, 0.2) is 0 Å². The molecule has 78 valence electrons. The van der Waals surface area contributed by atoms with E-state index in [-0.39, 0.29) is 0 Å². The Morgan fingerprint density at radius 3 is 3.00 bits per heavy atom. The molecule has 0 unspecified atom stereocenters. The van der Waals surface area contributed by atoms with Gasteiger partial charge < -0.3 is 5.32 Å². The lowest BCUT2D eigenvalue weighted by molar-refractivity contribution is 0.795. The van der Waals surface area contributed by atoms with Crippen LogP contribution in [0.2, 0.25) is 0 Å². The van der Waals surface area contributed by atoms with Gasteiger partial charge in [0.2, 0.25) is 0 Å². The first kappa shape index (κ1) is 10.7. The van der Waals surface area contributed by atoms with Crippen LogP contribution in [-0.2, 0) is 6.54 Å². The molecule has 5 heteroatoms. The monoisotopic (exact) mass is 283 g/mol.